The molecule has 0 saturated carbocycles. The molecule has 3 aromatic rings. The predicted octanol–water partition coefficient (Wildman–Crippen LogP) is 4.89. The van der Waals surface area contributed by atoms with Crippen LogP contribution in [0, 0.1) is 0 Å². The number of rotatable bonds is 7. The molecule has 0 saturated heterocycles. The number of para-hydroxylation sites is 1. The largest absolute Gasteiger partial charge is 0.508 e. The molecule has 0 spiro atoms. The molecule has 1 heterocycles. The number of esters is 1. The minimum atomic E-state index is -0.506. The van der Waals surface area contributed by atoms with Gasteiger partial charge in [0.2, 0.25) is 0 Å². The molecule has 6 nitrogen and oxygen atoms in total. The van der Waals surface area contributed by atoms with Crippen molar-refractivity contribution in [2.24, 2.45) is 0 Å². The molecule has 170 valence electrons. The summed E-state index contributed by atoms with van der Waals surface area (Å²) in [4.78, 5) is 30.2. The molecule has 1 aliphatic carbocycles. The van der Waals surface area contributed by atoms with Gasteiger partial charge in [0.1, 0.15) is 5.75 Å². The summed E-state index contributed by atoms with van der Waals surface area (Å²) >= 11 is 0. The number of benzene rings is 2. The highest BCUT2D eigenvalue weighted by Crippen LogP contribution is 2.37. The highest BCUT2D eigenvalue weighted by molar-refractivity contribution is 6.07. The fraction of sp³-hybridized carbons (Fsp3) is 0.296. The summed E-state index contributed by atoms with van der Waals surface area (Å²) < 4.78 is 5.44. The van der Waals surface area contributed by atoms with Gasteiger partial charge in [-0.1, -0.05) is 43.7 Å². The third-order valence-electron chi connectivity index (χ3n) is 5.84. The summed E-state index contributed by atoms with van der Waals surface area (Å²) in [5.41, 5.74) is 4.81. The van der Waals surface area contributed by atoms with Crippen LogP contribution in [0.2, 0.25) is 0 Å². The van der Waals surface area contributed by atoms with E-state index in [1.807, 2.05) is 49.4 Å². The van der Waals surface area contributed by atoms with Crippen molar-refractivity contribution >= 4 is 34.4 Å². The molecule has 1 aromatic heterocycles. The molecule has 1 aliphatic rings. The Hall–Kier alpha value is -3.67. The van der Waals surface area contributed by atoms with Gasteiger partial charge in [0.15, 0.2) is 6.61 Å². The molecule has 0 bridgehead atoms. The lowest BCUT2D eigenvalue weighted by molar-refractivity contribution is -0.124. The molecule has 0 fully saturated rings. The zero-order valence-electron chi connectivity index (χ0n) is 18.9. The summed E-state index contributed by atoms with van der Waals surface area (Å²) in [5, 5.41) is 13.1. The van der Waals surface area contributed by atoms with Gasteiger partial charge in [0.05, 0.1) is 16.8 Å². The Morgan fingerprint density at radius 2 is 1.91 bits per heavy atom. The fourth-order valence-electron chi connectivity index (χ4n) is 4.31. The third kappa shape index (κ3) is 5.06. The summed E-state index contributed by atoms with van der Waals surface area (Å²) in [6.07, 6.45) is 5.29. The number of aromatic hydroxyl groups is 1. The monoisotopic (exact) mass is 444 g/mol. The van der Waals surface area contributed by atoms with Crippen molar-refractivity contribution in [3.05, 3.63) is 70.9 Å². The number of pyridine rings is 1. The molecule has 1 unspecified atom stereocenters. The van der Waals surface area contributed by atoms with E-state index in [-0.39, 0.29) is 24.3 Å². The standard InChI is InChI=1S/C27H28N2O4/c1-3-6-17(2)28-24(31)16-33-27(32)25-21-7-4-5-8-23(21)29-26-19(11-14-22(25)26)15-18-9-12-20(30)13-10-18/h4-5,7-10,12-13,15,17,30H,3,6,11,14,16H2,1-2H3,(H,28,31)/b19-15+. The highest BCUT2D eigenvalue weighted by Gasteiger charge is 2.28. The van der Waals surface area contributed by atoms with E-state index in [1.54, 1.807) is 12.1 Å². The molecule has 2 aromatic carbocycles. The summed E-state index contributed by atoms with van der Waals surface area (Å²) in [5.74, 6) is -0.590. The number of carbonyl (C=O) groups excluding carboxylic acids is 2. The van der Waals surface area contributed by atoms with Crippen LogP contribution in [0.5, 0.6) is 5.75 Å². The number of fused-ring (bicyclic) bond motifs is 2. The number of allylic oxidation sites excluding steroid dienone is 1. The number of nitrogens with one attached hydrogen (secondary N) is 1. The summed E-state index contributed by atoms with van der Waals surface area (Å²) in [6.45, 7) is 3.69. The second-order valence-corrected chi connectivity index (χ2v) is 8.43. The zero-order valence-corrected chi connectivity index (χ0v) is 18.9. The number of hydrogen-bond donors (Lipinski definition) is 2. The van der Waals surface area contributed by atoms with Gasteiger partial charge in [-0.05, 0) is 67.2 Å². The number of hydrogen-bond acceptors (Lipinski definition) is 5. The average molecular weight is 445 g/mol. The summed E-state index contributed by atoms with van der Waals surface area (Å²) in [7, 11) is 0. The Morgan fingerprint density at radius 3 is 2.67 bits per heavy atom. The molecular formula is C27H28N2O4. The van der Waals surface area contributed by atoms with Crippen molar-refractivity contribution in [1.29, 1.82) is 0 Å². The van der Waals surface area contributed by atoms with Crippen LogP contribution in [0.1, 0.15) is 60.3 Å². The molecule has 0 radical (unpaired) electrons. The molecular weight excluding hydrogens is 416 g/mol. The van der Waals surface area contributed by atoms with Crippen molar-refractivity contribution in [2.75, 3.05) is 6.61 Å². The topological polar surface area (TPSA) is 88.5 Å². The van der Waals surface area contributed by atoms with Gasteiger partial charge in [-0.3, -0.25) is 4.79 Å². The quantitative estimate of drug-likeness (QED) is 0.507. The number of carbonyl (C=O) groups is 2. The lowest BCUT2D eigenvalue weighted by Crippen LogP contribution is -2.35. The van der Waals surface area contributed by atoms with Crippen LogP contribution in [-0.4, -0.2) is 34.6 Å². The van der Waals surface area contributed by atoms with E-state index in [9.17, 15) is 14.7 Å². The number of amides is 1. The average Bonchev–Trinajstić information content (AvgIpc) is 3.19. The molecule has 33 heavy (non-hydrogen) atoms. The molecule has 0 aliphatic heterocycles. The van der Waals surface area contributed by atoms with Gasteiger partial charge in [-0.2, -0.15) is 0 Å². The van der Waals surface area contributed by atoms with Crippen molar-refractivity contribution in [3.8, 4) is 5.75 Å². The number of aromatic nitrogens is 1. The first-order valence-electron chi connectivity index (χ1n) is 11.3. The van der Waals surface area contributed by atoms with E-state index < -0.39 is 5.97 Å². The fourth-order valence-corrected chi connectivity index (χ4v) is 4.31. The zero-order chi connectivity index (χ0) is 23.4. The van der Waals surface area contributed by atoms with Gasteiger partial charge in [-0.25, -0.2) is 9.78 Å². The first-order valence-corrected chi connectivity index (χ1v) is 11.3. The minimum absolute atomic E-state index is 0.0415. The highest BCUT2D eigenvalue weighted by atomic mass is 16.5. The molecule has 1 atom stereocenters. The van der Waals surface area contributed by atoms with Crippen molar-refractivity contribution in [3.63, 3.8) is 0 Å². The third-order valence-corrected chi connectivity index (χ3v) is 5.84. The van der Waals surface area contributed by atoms with E-state index >= 15 is 0 Å². The van der Waals surface area contributed by atoms with E-state index in [0.29, 0.717) is 17.5 Å². The van der Waals surface area contributed by atoms with Crippen molar-refractivity contribution < 1.29 is 19.4 Å². The van der Waals surface area contributed by atoms with Crippen LogP contribution < -0.4 is 5.32 Å². The Bertz CT molecular complexity index is 1210. The van der Waals surface area contributed by atoms with Crippen molar-refractivity contribution in [2.45, 2.75) is 45.6 Å². The maximum absolute atomic E-state index is 13.2. The first kappa shape index (κ1) is 22.5. The maximum Gasteiger partial charge on any atom is 0.339 e. The van der Waals surface area contributed by atoms with Crippen LogP contribution in [0.4, 0.5) is 0 Å². The van der Waals surface area contributed by atoms with Gasteiger partial charge < -0.3 is 15.2 Å². The first-order chi connectivity index (χ1) is 16.0. The van der Waals surface area contributed by atoms with Crippen LogP contribution >= 0.6 is 0 Å². The van der Waals surface area contributed by atoms with E-state index in [4.69, 9.17) is 9.72 Å². The summed E-state index contributed by atoms with van der Waals surface area (Å²) in [6, 6.07) is 14.5. The number of nitrogens with zero attached hydrogens (tertiary/aromatic N) is 1. The minimum Gasteiger partial charge on any atom is -0.508 e. The molecule has 1 amide bonds. The normalized spacial score (nSPS) is 14.8. The van der Waals surface area contributed by atoms with E-state index in [1.165, 1.54) is 0 Å². The van der Waals surface area contributed by atoms with Gasteiger partial charge >= 0.3 is 5.97 Å². The molecule has 6 heteroatoms. The van der Waals surface area contributed by atoms with Crippen LogP contribution in [0.15, 0.2) is 48.5 Å². The lowest BCUT2D eigenvalue weighted by atomic mass is 10.0. The Labute approximate surface area is 193 Å². The maximum atomic E-state index is 13.2. The van der Waals surface area contributed by atoms with Gasteiger partial charge in [0.25, 0.3) is 5.91 Å². The van der Waals surface area contributed by atoms with Crippen LogP contribution in [0.3, 0.4) is 0 Å². The van der Waals surface area contributed by atoms with E-state index in [2.05, 4.69) is 12.2 Å². The second-order valence-electron chi connectivity index (χ2n) is 8.43. The Kier molecular flexibility index (Phi) is 6.73. The van der Waals surface area contributed by atoms with Crippen LogP contribution in [0.25, 0.3) is 22.6 Å². The Balaban J connectivity index is 1.64. The SMILES string of the molecule is CCCC(C)NC(=O)COC(=O)c1c2c(nc3ccccc13)/C(=C/c1ccc(O)cc1)CC2. The number of phenols is 1. The van der Waals surface area contributed by atoms with Gasteiger partial charge in [0, 0.05) is 11.4 Å². The van der Waals surface area contributed by atoms with E-state index in [0.717, 1.165) is 47.0 Å². The number of ether oxygens (including phenoxy) is 1. The Morgan fingerprint density at radius 1 is 1.15 bits per heavy atom. The van der Waals surface area contributed by atoms with Gasteiger partial charge in [-0.15, -0.1) is 0 Å². The lowest BCUT2D eigenvalue weighted by Gasteiger charge is -2.14. The number of phenolic OH excluding ortho intramolecular Hbond substituents is 1. The molecule has 4 rings (SSSR count). The van der Waals surface area contributed by atoms with Crippen molar-refractivity contribution in [1.82, 2.24) is 10.3 Å². The predicted molar refractivity (Wildman–Crippen MR) is 129 cm³/mol. The smallest absolute Gasteiger partial charge is 0.339 e. The second kappa shape index (κ2) is 9.86. The van der Waals surface area contributed by atoms with Crippen LogP contribution in [-0.2, 0) is 16.0 Å². The molecule has 2 N–H and O–H groups in total.